The van der Waals surface area contributed by atoms with Crippen molar-refractivity contribution in [3.8, 4) is 5.75 Å². The molecule has 0 aliphatic heterocycles. The highest BCUT2D eigenvalue weighted by Gasteiger charge is 2.18. The third-order valence-corrected chi connectivity index (χ3v) is 4.59. The molecular formula is C25H23ClO2. The molecule has 142 valence electrons. The normalized spacial score (nSPS) is 11.5. The molecule has 0 atom stereocenters. The van der Waals surface area contributed by atoms with Crippen molar-refractivity contribution in [3.05, 3.63) is 107 Å². The smallest absolute Gasteiger partial charge is 0.193 e. The number of ketones is 1. The van der Waals surface area contributed by atoms with E-state index in [0.717, 1.165) is 12.2 Å². The first-order valence-electron chi connectivity index (χ1n) is 9.24. The summed E-state index contributed by atoms with van der Waals surface area (Å²) in [5, 5.41) is 0.615. The molecule has 0 amide bonds. The van der Waals surface area contributed by atoms with E-state index < -0.39 is 0 Å². The molecule has 2 nitrogen and oxygen atoms in total. The Bertz CT molecular complexity index is 940. The molecule has 3 rings (SSSR count). The van der Waals surface area contributed by atoms with Gasteiger partial charge in [-0.3, -0.25) is 4.79 Å². The predicted molar refractivity (Wildman–Crippen MR) is 116 cm³/mol. The topological polar surface area (TPSA) is 26.3 Å². The lowest BCUT2D eigenvalue weighted by Crippen LogP contribution is -2.27. The fraction of sp³-hybridized carbons (Fsp3) is 0.160. The van der Waals surface area contributed by atoms with Crippen LogP contribution < -0.4 is 4.74 Å². The first kappa shape index (κ1) is 19.9. The molecule has 0 saturated carbocycles. The van der Waals surface area contributed by atoms with Crippen molar-refractivity contribution in [2.45, 2.75) is 25.9 Å². The average Bonchev–Trinajstić information content (AvgIpc) is 2.69. The highest BCUT2D eigenvalue weighted by molar-refractivity contribution is 6.30. The predicted octanol–water partition coefficient (Wildman–Crippen LogP) is 6.83. The lowest BCUT2D eigenvalue weighted by Gasteiger charge is -2.25. The number of benzene rings is 3. The number of rotatable bonds is 7. The second-order valence-corrected chi connectivity index (χ2v) is 7.68. The second kappa shape index (κ2) is 8.90. The number of carbonyl (C=O) groups excluding carboxylic acids is 1. The monoisotopic (exact) mass is 390 g/mol. The van der Waals surface area contributed by atoms with E-state index in [1.807, 2.05) is 30.3 Å². The Morgan fingerprint density at radius 2 is 1.46 bits per heavy atom. The molecule has 28 heavy (non-hydrogen) atoms. The highest BCUT2D eigenvalue weighted by Crippen LogP contribution is 2.23. The van der Waals surface area contributed by atoms with Crippen LogP contribution in [-0.2, 0) is 0 Å². The molecule has 0 fully saturated rings. The Hall–Kier alpha value is -2.84. The largest absolute Gasteiger partial charge is 0.488 e. The quantitative estimate of drug-likeness (QED) is 0.413. The molecule has 0 heterocycles. The molecular weight excluding hydrogens is 368 g/mol. The van der Waals surface area contributed by atoms with Gasteiger partial charge in [-0.05, 0) is 67.9 Å². The van der Waals surface area contributed by atoms with Gasteiger partial charge in [0.2, 0.25) is 0 Å². The van der Waals surface area contributed by atoms with Gasteiger partial charge in [0.15, 0.2) is 5.78 Å². The zero-order chi connectivity index (χ0) is 20.0. The molecule has 3 heteroatoms. The van der Waals surface area contributed by atoms with Crippen LogP contribution in [0.15, 0.2) is 84.9 Å². The molecule has 0 aromatic heterocycles. The minimum Gasteiger partial charge on any atom is -0.488 e. The minimum atomic E-state index is -0.354. The summed E-state index contributed by atoms with van der Waals surface area (Å²) in [6, 6.07) is 24.4. The SMILES string of the molecule is CC(C)(C/C=C/c1ccccc1)Oc1ccc(C(=O)c2ccc(Cl)cc2)cc1. The Morgan fingerprint density at radius 3 is 2.07 bits per heavy atom. The van der Waals surface area contributed by atoms with Gasteiger partial charge in [0.05, 0.1) is 0 Å². The van der Waals surface area contributed by atoms with E-state index in [4.69, 9.17) is 16.3 Å². The minimum absolute atomic E-state index is 0.0340. The summed E-state index contributed by atoms with van der Waals surface area (Å²) in [6.07, 6.45) is 4.99. The summed E-state index contributed by atoms with van der Waals surface area (Å²) in [7, 11) is 0. The number of halogens is 1. The summed E-state index contributed by atoms with van der Waals surface area (Å²) < 4.78 is 6.12. The van der Waals surface area contributed by atoms with Crippen molar-refractivity contribution in [3.63, 3.8) is 0 Å². The summed E-state index contributed by atoms with van der Waals surface area (Å²) in [6.45, 7) is 4.10. The van der Waals surface area contributed by atoms with Crippen molar-refractivity contribution in [1.29, 1.82) is 0 Å². The van der Waals surface area contributed by atoms with Gasteiger partial charge in [0.1, 0.15) is 11.4 Å². The molecule has 0 radical (unpaired) electrons. The van der Waals surface area contributed by atoms with Crippen LogP contribution in [0, 0.1) is 0 Å². The van der Waals surface area contributed by atoms with Crippen molar-refractivity contribution >= 4 is 23.5 Å². The van der Waals surface area contributed by atoms with Gasteiger partial charge in [-0.1, -0.05) is 54.1 Å². The average molecular weight is 391 g/mol. The van der Waals surface area contributed by atoms with E-state index in [2.05, 4.69) is 38.1 Å². The maximum Gasteiger partial charge on any atom is 0.193 e. The van der Waals surface area contributed by atoms with Gasteiger partial charge in [-0.2, -0.15) is 0 Å². The van der Waals surface area contributed by atoms with E-state index >= 15 is 0 Å². The first-order valence-corrected chi connectivity index (χ1v) is 9.62. The third-order valence-electron chi connectivity index (χ3n) is 4.34. The van der Waals surface area contributed by atoms with Crippen molar-refractivity contribution in [2.75, 3.05) is 0 Å². The van der Waals surface area contributed by atoms with Crippen LogP contribution in [-0.4, -0.2) is 11.4 Å². The highest BCUT2D eigenvalue weighted by atomic mass is 35.5. The van der Waals surface area contributed by atoms with Crippen LogP contribution in [0.2, 0.25) is 5.02 Å². The number of carbonyl (C=O) groups is 1. The zero-order valence-electron chi connectivity index (χ0n) is 16.1. The summed E-state index contributed by atoms with van der Waals surface area (Å²) >= 11 is 5.88. The van der Waals surface area contributed by atoms with Crippen molar-refractivity contribution < 1.29 is 9.53 Å². The van der Waals surface area contributed by atoms with Crippen LogP contribution in [0.4, 0.5) is 0 Å². The summed E-state index contributed by atoms with van der Waals surface area (Å²) in [4.78, 5) is 12.5. The lowest BCUT2D eigenvalue weighted by molar-refractivity contribution is 0.103. The van der Waals surface area contributed by atoms with Gasteiger partial charge in [0.25, 0.3) is 0 Å². The van der Waals surface area contributed by atoms with E-state index in [-0.39, 0.29) is 11.4 Å². The first-order chi connectivity index (χ1) is 13.4. The van der Waals surface area contributed by atoms with E-state index in [0.29, 0.717) is 16.1 Å². The molecule has 0 N–H and O–H groups in total. The Balaban J connectivity index is 1.62. The van der Waals surface area contributed by atoms with Gasteiger partial charge >= 0.3 is 0 Å². The van der Waals surface area contributed by atoms with Crippen LogP contribution in [0.1, 0.15) is 41.8 Å². The maximum atomic E-state index is 12.5. The zero-order valence-corrected chi connectivity index (χ0v) is 16.8. The molecule has 3 aromatic rings. The number of ether oxygens (including phenoxy) is 1. The molecule has 0 spiro atoms. The summed E-state index contributed by atoms with van der Waals surface area (Å²) in [5.41, 5.74) is 2.05. The van der Waals surface area contributed by atoms with Crippen molar-refractivity contribution in [2.24, 2.45) is 0 Å². The molecule has 0 aliphatic rings. The fourth-order valence-electron chi connectivity index (χ4n) is 2.85. The van der Waals surface area contributed by atoms with Gasteiger partial charge < -0.3 is 4.74 Å². The third kappa shape index (κ3) is 5.58. The summed E-state index contributed by atoms with van der Waals surface area (Å²) in [5.74, 6) is 0.707. The van der Waals surface area contributed by atoms with Gasteiger partial charge in [-0.25, -0.2) is 0 Å². The van der Waals surface area contributed by atoms with Crippen LogP contribution in [0.3, 0.4) is 0 Å². The van der Waals surface area contributed by atoms with E-state index in [9.17, 15) is 4.79 Å². The van der Waals surface area contributed by atoms with Crippen LogP contribution in [0.25, 0.3) is 6.08 Å². The standard InChI is InChI=1S/C25H23ClO2/c1-25(2,18-6-9-19-7-4-3-5-8-19)28-23-16-12-21(13-17-23)24(27)20-10-14-22(26)15-11-20/h3-17H,18H2,1-2H3/b9-6+. The van der Waals surface area contributed by atoms with Crippen LogP contribution >= 0.6 is 11.6 Å². The lowest BCUT2D eigenvalue weighted by atomic mass is 10.0. The Morgan fingerprint density at radius 1 is 0.893 bits per heavy atom. The second-order valence-electron chi connectivity index (χ2n) is 7.24. The maximum absolute atomic E-state index is 12.5. The van der Waals surface area contributed by atoms with Gasteiger partial charge in [-0.15, -0.1) is 0 Å². The fourth-order valence-corrected chi connectivity index (χ4v) is 2.97. The van der Waals surface area contributed by atoms with Gasteiger partial charge in [0, 0.05) is 22.6 Å². The molecule has 0 saturated heterocycles. The number of hydrogen-bond acceptors (Lipinski definition) is 2. The van der Waals surface area contributed by atoms with E-state index in [1.54, 1.807) is 36.4 Å². The molecule has 3 aromatic carbocycles. The Kier molecular flexibility index (Phi) is 6.33. The molecule has 0 aliphatic carbocycles. The Labute approximate surface area is 171 Å². The van der Waals surface area contributed by atoms with Crippen molar-refractivity contribution in [1.82, 2.24) is 0 Å². The molecule has 0 unspecified atom stereocenters. The molecule has 0 bridgehead atoms. The number of hydrogen-bond donors (Lipinski definition) is 0. The van der Waals surface area contributed by atoms with E-state index in [1.165, 1.54) is 5.56 Å². The van der Waals surface area contributed by atoms with Crippen LogP contribution in [0.5, 0.6) is 5.75 Å².